The van der Waals surface area contributed by atoms with Gasteiger partial charge in [-0.2, -0.15) is 0 Å². The summed E-state index contributed by atoms with van der Waals surface area (Å²) in [6.45, 7) is 4.41. The summed E-state index contributed by atoms with van der Waals surface area (Å²) >= 11 is 0. The molecule has 1 aromatic rings. The maximum atomic E-state index is 11.0. The summed E-state index contributed by atoms with van der Waals surface area (Å²) in [5, 5.41) is 0. The van der Waals surface area contributed by atoms with E-state index in [0.29, 0.717) is 5.92 Å². The molecule has 126 valence electrons. The van der Waals surface area contributed by atoms with Crippen molar-refractivity contribution in [1.29, 1.82) is 0 Å². The molecule has 0 aromatic heterocycles. The van der Waals surface area contributed by atoms with Gasteiger partial charge < -0.3 is 4.55 Å². The van der Waals surface area contributed by atoms with E-state index in [-0.39, 0.29) is 4.90 Å². The smallest absolute Gasteiger partial charge is 0.124 e. The molecule has 0 spiro atoms. The Morgan fingerprint density at radius 1 is 0.864 bits per heavy atom. The van der Waals surface area contributed by atoms with Gasteiger partial charge in [-0.3, -0.25) is 0 Å². The van der Waals surface area contributed by atoms with Crippen molar-refractivity contribution in [3.05, 3.63) is 29.8 Å². The Kier molecular flexibility index (Phi) is 8.72. The summed E-state index contributed by atoms with van der Waals surface area (Å²) in [5.74, 6) is 0.479. The monoisotopic (exact) mass is 325 g/mol. The molecule has 0 bridgehead atoms. The fraction of sp³-hybridized carbons (Fsp3) is 0.667. The van der Waals surface area contributed by atoms with E-state index in [4.69, 9.17) is 0 Å². The lowest BCUT2D eigenvalue weighted by Gasteiger charge is -2.18. The molecule has 0 aliphatic rings. The minimum Gasteiger partial charge on any atom is -0.744 e. The third-order valence-corrected chi connectivity index (χ3v) is 5.05. The van der Waals surface area contributed by atoms with E-state index in [2.05, 4.69) is 13.8 Å². The molecule has 22 heavy (non-hydrogen) atoms. The van der Waals surface area contributed by atoms with Crippen LogP contribution in [0.25, 0.3) is 0 Å². The molecular weight excluding hydrogens is 296 g/mol. The fourth-order valence-corrected chi connectivity index (χ4v) is 3.31. The summed E-state index contributed by atoms with van der Waals surface area (Å²) in [5.41, 5.74) is 1.17. The van der Waals surface area contributed by atoms with E-state index in [1.54, 1.807) is 0 Å². The lowest BCUT2D eigenvalue weighted by atomic mass is 9.88. The van der Waals surface area contributed by atoms with Crippen molar-refractivity contribution in [3.8, 4) is 0 Å². The molecule has 0 fully saturated rings. The Hall–Kier alpha value is -0.870. The van der Waals surface area contributed by atoms with Crippen molar-refractivity contribution in [2.75, 3.05) is 0 Å². The first-order valence-electron chi connectivity index (χ1n) is 8.54. The summed E-state index contributed by atoms with van der Waals surface area (Å²) < 4.78 is 33.0. The molecule has 4 heteroatoms. The van der Waals surface area contributed by atoms with Crippen molar-refractivity contribution >= 4 is 10.1 Å². The number of benzene rings is 1. The van der Waals surface area contributed by atoms with E-state index in [1.807, 2.05) is 12.1 Å². The van der Waals surface area contributed by atoms with Gasteiger partial charge in [-0.15, -0.1) is 0 Å². The minimum absolute atomic E-state index is 0.130. The zero-order valence-corrected chi connectivity index (χ0v) is 14.7. The zero-order chi connectivity index (χ0) is 16.4. The largest absolute Gasteiger partial charge is 0.744 e. The van der Waals surface area contributed by atoms with Gasteiger partial charge in [0.05, 0.1) is 4.90 Å². The molecule has 1 unspecified atom stereocenters. The Labute approximate surface area is 135 Å². The molecular formula is C18H29O3S-. The Bertz CT molecular complexity index is 506. The average molecular weight is 325 g/mol. The number of rotatable bonds is 11. The molecule has 0 aliphatic heterocycles. The van der Waals surface area contributed by atoms with E-state index in [1.165, 1.54) is 62.6 Å². The second-order valence-electron chi connectivity index (χ2n) is 6.07. The number of hydrogen-bond acceptors (Lipinski definition) is 3. The minimum atomic E-state index is -4.34. The summed E-state index contributed by atoms with van der Waals surface area (Å²) in [7, 11) is -4.34. The molecule has 0 heterocycles. The van der Waals surface area contributed by atoms with E-state index in [0.717, 1.165) is 12.8 Å². The highest BCUT2D eigenvalue weighted by atomic mass is 32.2. The van der Waals surface area contributed by atoms with Gasteiger partial charge in [0.2, 0.25) is 0 Å². The lowest BCUT2D eigenvalue weighted by molar-refractivity contribution is 0.462. The van der Waals surface area contributed by atoms with Gasteiger partial charge >= 0.3 is 0 Å². The highest BCUT2D eigenvalue weighted by Crippen LogP contribution is 2.29. The first kappa shape index (κ1) is 19.2. The molecule has 1 aromatic carbocycles. The third kappa shape index (κ3) is 6.93. The van der Waals surface area contributed by atoms with Crippen LogP contribution in [0.5, 0.6) is 0 Å². The lowest BCUT2D eigenvalue weighted by Crippen LogP contribution is -2.02. The molecule has 0 N–H and O–H groups in total. The van der Waals surface area contributed by atoms with Crippen molar-refractivity contribution < 1.29 is 13.0 Å². The quantitative estimate of drug-likeness (QED) is 0.414. The fourth-order valence-electron chi connectivity index (χ4n) is 2.84. The molecule has 0 saturated carbocycles. The first-order valence-corrected chi connectivity index (χ1v) is 9.95. The Balaban J connectivity index is 2.71. The number of hydrogen-bond donors (Lipinski definition) is 0. The van der Waals surface area contributed by atoms with Crippen molar-refractivity contribution in [2.24, 2.45) is 0 Å². The highest BCUT2D eigenvalue weighted by molar-refractivity contribution is 7.85. The van der Waals surface area contributed by atoms with Crippen LogP contribution in [0.3, 0.4) is 0 Å². The molecule has 0 saturated heterocycles. The topological polar surface area (TPSA) is 57.2 Å². The molecule has 0 radical (unpaired) electrons. The van der Waals surface area contributed by atoms with Gasteiger partial charge in [0.15, 0.2) is 0 Å². The molecule has 1 atom stereocenters. The van der Waals surface area contributed by atoms with Crippen LogP contribution in [-0.2, 0) is 10.1 Å². The number of unbranched alkanes of at least 4 members (excludes halogenated alkanes) is 5. The van der Waals surface area contributed by atoms with Crippen LogP contribution in [0, 0.1) is 0 Å². The van der Waals surface area contributed by atoms with E-state index >= 15 is 0 Å². The maximum absolute atomic E-state index is 11.0. The highest BCUT2D eigenvalue weighted by Gasteiger charge is 2.12. The molecule has 1 rings (SSSR count). The second kappa shape index (κ2) is 10.0. The van der Waals surface area contributed by atoms with Gasteiger partial charge in [0.25, 0.3) is 0 Å². The average Bonchev–Trinajstić information content (AvgIpc) is 2.49. The van der Waals surface area contributed by atoms with Crippen molar-refractivity contribution in [2.45, 2.75) is 82.4 Å². The SMILES string of the molecule is CCCCCCC(CCCCC)c1ccc(S(=O)(=O)[O-])cc1. The van der Waals surface area contributed by atoms with Crippen LogP contribution >= 0.6 is 0 Å². The maximum Gasteiger partial charge on any atom is 0.124 e. The Morgan fingerprint density at radius 3 is 1.86 bits per heavy atom. The van der Waals surface area contributed by atoms with Crippen molar-refractivity contribution in [3.63, 3.8) is 0 Å². The first-order chi connectivity index (χ1) is 10.5. The predicted octanol–water partition coefficient (Wildman–Crippen LogP) is 5.23. The van der Waals surface area contributed by atoms with E-state index in [9.17, 15) is 13.0 Å². The summed E-state index contributed by atoms with van der Waals surface area (Å²) in [6.07, 6.45) is 10.9. The zero-order valence-electron chi connectivity index (χ0n) is 13.9. The van der Waals surface area contributed by atoms with Gasteiger partial charge in [0, 0.05) is 0 Å². The predicted molar refractivity (Wildman–Crippen MR) is 90.0 cm³/mol. The van der Waals surface area contributed by atoms with Crippen LogP contribution in [0.1, 0.15) is 83.1 Å². The van der Waals surface area contributed by atoms with Gasteiger partial charge in [0.1, 0.15) is 10.1 Å². The molecule has 3 nitrogen and oxygen atoms in total. The van der Waals surface area contributed by atoms with Crippen molar-refractivity contribution in [1.82, 2.24) is 0 Å². The van der Waals surface area contributed by atoms with Gasteiger partial charge in [-0.1, -0.05) is 70.9 Å². The van der Waals surface area contributed by atoms with E-state index < -0.39 is 10.1 Å². The van der Waals surface area contributed by atoms with Crippen LogP contribution < -0.4 is 0 Å². The molecule has 0 amide bonds. The van der Waals surface area contributed by atoms with Crippen LogP contribution in [-0.4, -0.2) is 13.0 Å². The van der Waals surface area contributed by atoms with Gasteiger partial charge in [-0.05, 0) is 36.5 Å². The summed E-state index contributed by atoms with van der Waals surface area (Å²) in [4.78, 5) is -0.130. The van der Waals surface area contributed by atoms with Crippen LogP contribution in [0.2, 0.25) is 0 Å². The van der Waals surface area contributed by atoms with Crippen LogP contribution in [0.15, 0.2) is 29.2 Å². The second-order valence-corrected chi connectivity index (χ2v) is 7.44. The summed E-state index contributed by atoms with van der Waals surface area (Å²) in [6, 6.07) is 6.55. The van der Waals surface area contributed by atoms with Gasteiger partial charge in [-0.25, -0.2) is 8.42 Å². The Morgan fingerprint density at radius 2 is 1.36 bits per heavy atom. The molecule has 0 aliphatic carbocycles. The normalized spacial score (nSPS) is 13.2. The standard InChI is InChI=1S/C18H30O3S/c1-3-5-7-9-11-16(10-8-6-4-2)17-12-14-18(15-13-17)22(19,20)21/h12-16H,3-11H2,1-2H3,(H,19,20,21)/p-1. The van der Waals surface area contributed by atoms with Crippen LogP contribution in [0.4, 0.5) is 0 Å². The third-order valence-electron chi connectivity index (χ3n) is 4.20.